The van der Waals surface area contributed by atoms with E-state index in [0.29, 0.717) is 13.0 Å². The summed E-state index contributed by atoms with van der Waals surface area (Å²) in [5.41, 5.74) is 0. The fourth-order valence-corrected chi connectivity index (χ4v) is 1.11. The van der Waals surface area contributed by atoms with E-state index >= 15 is 0 Å². The maximum absolute atomic E-state index is 11.4. The average Bonchev–Trinajstić information content (AvgIpc) is 2.14. The van der Waals surface area contributed by atoms with E-state index in [1.165, 1.54) is 4.90 Å². The summed E-state index contributed by atoms with van der Waals surface area (Å²) in [4.78, 5) is 23.2. The van der Waals surface area contributed by atoms with Crippen molar-refractivity contribution in [2.24, 2.45) is 0 Å². The number of carbonyl (C=O) groups excluding carboxylic acids is 1. The summed E-state index contributed by atoms with van der Waals surface area (Å²) in [5, 5.41) is 11.5. The molecule has 0 saturated heterocycles. The summed E-state index contributed by atoms with van der Waals surface area (Å²) in [6, 6.07) is 0. The number of nitrogens with one attached hydrogen (secondary N) is 1. The Balaban J connectivity index is 3.85. The largest absolute Gasteiger partial charge is 0.480 e. The summed E-state index contributed by atoms with van der Waals surface area (Å²) in [7, 11) is 1.82. The van der Waals surface area contributed by atoms with Crippen molar-refractivity contribution in [1.82, 2.24) is 10.2 Å². The highest BCUT2D eigenvalue weighted by molar-refractivity contribution is 5.81. The van der Waals surface area contributed by atoms with E-state index in [0.717, 1.165) is 13.0 Å². The quantitative estimate of drug-likeness (QED) is 0.566. The van der Waals surface area contributed by atoms with Crippen LogP contribution in [0.5, 0.6) is 0 Å². The number of hydrogen-bond donors (Lipinski definition) is 2. The monoisotopic (exact) mass is 202 g/mol. The molecule has 0 fully saturated rings. The first-order valence-electron chi connectivity index (χ1n) is 4.76. The van der Waals surface area contributed by atoms with Gasteiger partial charge in [0.15, 0.2) is 0 Å². The molecule has 2 N–H and O–H groups in total. The highest BCUT2D eigenvalue weighted by Crippen LogP contribution is 1.97. The Kier molecular flexibility index (Phi) is 6.74. The van der Waals surface area contributed by atoms with Crippen LogP contribution in [0, 0.1) is 0 Å². The van der Waals surface area contributed by atoms with Gasteiger partial charge in [0.25, 0.3) is 0 Å². The molecule has 0 bridgehead atoms. The zero-order valence-electron chi connectivity index (χ0n) is 8.75. The zero-order valence-corrected chi connectivity index (χ0v) is 8.75. The van der Waals surface area contributed by atoms with E-state index in [1.54, 1.807) is 6.92 Å². The topological polar surface area (TPSA) is 69.6 Å². The van der Waals surface area contributed by atoms with Crippen LogP contribution in [-0.4, -0.2) is 48.6 Å². The summed E-state index contributed by atoms with van der Waals surface area (Å²) in [6.45, 7) is 2.80. The van der Waals surface area contributed by atoms with Crippen molar-refractivity contribution in [2.45, 2.75) is 19.8 Å². The number of amides is 1. The third kappa shape index (κ3) is 5.53. The van der Waals surface area contributed by atoms with Gasteiger partial charge in [-0.1, -0.05) is 0 Å². The number of likely N-dealkylation sites (N-methyl/N-ethyl adjacent to an activating group) is 1. The van der Waals surface area contributed by atoms with E-state index in [-0.39, 0.29) is 12.5 Å². The molecule has 5 nitrogen and oxygen atoms in total. The Morgan fingerprint density at radius 2 is 2.07 bits per heavy atom. The normalized spacial score (nSPS) is 9.86. The van der Waals surface area contributed by atoms with E-state index in [4.69, 9.17) is 5.11 Å². The lowest BCUT2D eigenvalue weighted by molar-refractivity contribution is -0.144. The second kappa shape index (κ2) is 7.32. The zero-order chi connectivity index (χ0) is 11.0. The first-order chi connectivity index (χ1) is 6.61. The lowest BCUT2D eigenvalue weighted by Gasteiger charge is -2.18. The SMILES string of the molecule is CCN(CC(=O)O)C(=O)CCCNC. The predicted octanol–water partition coefficient (Wildman–Crippen LogP) is -0.0809. The third-order valence-corrected chi connectivity index (χ3v) is 1.88. The van der Waals surface area contributed by atoms with Crippen LogP contribution < -0.4 is 5.32 Å². The first kappa shape index (κ1) is 12.9. The molecule has 0 aliphatic carbocycles. The van der Waals surface area contributed by atoms with Gasteiger partial charge in [0.05, 0.1) is 0 Å². The van der Waals surface area contributed by atoms with Crippen LogP contribution in [0.1, 0.15) is 19.8 Å². The number of carbonyl (C=O) groups is 2. The number of hydrogen-bond acceptors (Lipinski definition) is 3. The number of carboxylic acid groups (broad SMARTS) is 1. The second-order valence-electron chi connectivity index (χ2n) is 3.01. The molecule has 0 atom stereocenters. The Morgan fingerprint density at radius 3 is 2.50 bits per heavy atom. The van der Waals surface area contributed by atoms with Crippen molar-refractivity contribution in [3.8, 4) is 0 Å². The van der Waals surface area contributed by atoms with Crippen LogP contribution in [0.2, 0.25) is 0 Å². The molecule has 0 unspecified atom stereocenters. The summed E-state index contributed by atoms with van der Waals surface area (Å²) >= 11 is 0. The van der Waals surface area contributed by atoms with Crippen molar-refractivity contribution in [3.63, 3.8) is 0 Å². The Morgan fingerprint density at radius 1 is 1.43 bits per heavy atom. The lowest BCUT2D eigenvalue weighted by atomic mass is 10.2. The van der Waals surface area contributed by atoms with E-state index in [9.17, 15) is 9.59 Å². The molecule has 0 rings (SSSR count). The van der Waals surface area contributed by atoms with Gasteiger partial charge >= 0.3 is 5.97 Å². The van der Waals surface area contributed by atoms with E-state index < -0.39 is 5.97 Å². The van der Waals surface area contributed by atoms with Crippen molar-refractivity contribution in [3.05, 3.63) is 0 Å². The Hall–Kier alpha value is -1.10. The number of rotatable bonds is 7. The van der Waals surface area contributed by atoms with Crippen LogP contribution in [0.15, 0.2) is 0 Å². The minimum Gasteiger partial charge on any atom is -0.480 e. The molecule has 0 aliphatic heterocycles. The summed E-state index contributed by atoms with van der Waals surface area (Å²) < 4.78 is 0. The average molecular weight is 202 g/mol. The molecule has 0 aromatic carbocycles. The van der Waals surface area contributed by atoms with Gasteiger partial charge in [-0.25, -0.2) is 0 Å². The molecule has 5 heteroatoms. The molecule has 0 saturated carbocycles. The molecule has 82 valence electrons. The van der Waals surface area contributed by atoms with E-state index in [2.05, 4.69) is 5.32 Å². The third-order valence-electron chi connectivity index (χ3n) is 1.88. The fraction of sp³-hybridized carbons (Fsp3) is 0.778. The van der Waals surface area contributed by atoms with Gasteiger partial charge < -0.3 is 15.3 Å². The molecule has 0 heterocycles. The molecular formula is C9H18N2O3. The van der Waals surface area contributed by atoms with Gasteiger partial charge in [0.2, 0.25) is 5.91 Å². The van der Waals surface area contributed by atoms with Gasteiger partial charge in [-0.3, -0.25) is 9.59 Å². The summed E-state index contributed by atoms with van der Waals surface area (Å²) in [6.07, 6.45) is 1.15. The maximum atomic E-state index is 11.4. The molecule has 0 spiro atoms. The van der Waals surface area contributed by atoms with Crippen molar-refractivity contribution in [2.75, 3.05) is 26.7 Å². The molecule has 0 radical (unpaired) electrons. The maximum Gasteiger partial charge on any atom is 0.323 e. The predicted molar refractivity (Wildman–Crippen MR) is 53.1 cm³/mol. The van der Waals surface area contributed by atoms with Crippen LogP contribution in [0.25, 0.3) is 0 Å². The minimum absolute atomic E-state index is 0.0925. The molecule has 1 amide bonds. The Bertz CT molecular complexity index is 194. The van der Waals surface area contributed by atoms with Crippen LogP contribution in [-0.2, 0) is 9.59 Å². The molecule has 0 aromatic rings. The molecule has 0 aliphatic rings. The van der Waals surface area contributed by atoms with Crippen molar-refractivity contribution >= 4 is 11.9 Å². The molecular weight excluding hydrogens is 184 g/mol. The van der Waals surface area contributed by atoms with E-state index in [1.807, 2.05) is 7.05 Å². The van der Waals surface area contributed by atoms with Crippen molar-refractivity contribution < 1.29 is 14.7 Å². The van der Waals surface area contributed by atoms with Crippen LogP contribution >= 0.6 is 0 Å². The van der Waals surface area contributed by atoms with Gasteiger partial charge in [0.1, 0.15) is 6.54 Å². The van der Waals surface area contributed by atoms with Crippen molar-refractivity contribution in [1.29, 1.82) is 0 Å². The Labute approximate surface area is 84.1 Å². The van der Waals surface area contributed by atoms with Crippen LogP contribution in [0.3, 0.4) is 0 Å². The highest BCUT2D eigenvalue weighted by Gasteiger charge is 2.13. The van der Waals surface area contributed by atoms with Gasteiger partial charge in [0, 0.05) is 13.0 Å². The number of nitrogens with zero attached hydrogens (tertiary/aromatic N) is 1. The lowest BCUT2D eigenvalue weighted by Crippen LogP contribution is -2.35. The fourth-order valence-electron chi connectivity index (χ4n) is 1.11. The minimum atomic E-state index is -0.964. The molecule has 14 heavy (non-hydrogen) atoms. The standard InChI is InChI=1S/C9H18N2O3/c1-3-11(7-9(13)14)8(12)5-4-6-10-2/h10H,3-7H2,1-2H3,(H,13,14). The van der Waals surface area contributed by atoms with Gasteiger partial charge in [-0.2, -0.15) is 0 Å². The van der Waals surface area contributed by atoms with Gasteiger partial charge in [-0.05, 0) is 26.9 Å². The highest BCUT2D eigenvalue weighted by atomic mass is 16.4. The van der Waals surface area contributed by atoms with Crippen LogP contribution in [0.4, 0.5) is 0 Å². The molecule has 0 aromatic heterocycles. The summed E-state index contributed by atoms with van der Waals surface area (Å²) in [5.74, 6) is -1.06. The second-order valence-corrected chi connectivity index (χ2v) is 3.01. The van der Waals surface area contributed by atoms with Gasteiger partial charge in [-0.15, -0.1) is 0 Å². The number of carboxylic acids is 1. The first-order valence-corrected chi connectivity index (χ1v) is 4.76. The number of aliphatic carboxylic acids is 1. The smallest absolute Gasteiger partial charge is 0.323 e.